The number of rotatable bonds is 5. The van der Waals surface area contributed by atoms with Crippen molar-refractivity contribution in [1.82, 2.24) is 0 Å². The summed E-state index contributed by atoms with van der Waals surface area (Å²) in [6.45, 7) is -0.469. The molecule has 2 aromatic rings. The van der Waals surface area contributed by atoms with Gasteiger partial charge in [0.25, 0.3) is 5.91 Å². The molecule has 3 aliphatic rings. The second kappa shape index (κ2) is 8.57. The Kier molecular flexibility index (Phi) is 5.74. The highest BCUT2D eigenvalue weighted by atomic mass is 79.9. The van der Waals surface area contributed by atoms with Gasteiger partial charge in [-0.25, -0.2) is 4.79 Å². The molecule has 0 radical (unpaired) electrons. The van der Waals surface area contributed by atoms with E-state index in [1.165, 1.54) is 17.0 Å². The van der Waals surface area contributed by atoms with Gasteiger partial charge in [-0.2, -0.15) is 0 Å². The van der Waals surface area contributed by atoms with E-state index in [-0.39, 0.29) is 29.2 Å². The molecule has 2 bridgehead atoms. The molecule has 9 heteroatoms. The zero-order valence-corrected chi connectivity index (χ0v) is 19.8. The lowest BCUT2D eigenvalue weighted by Crippen LogP contribution is -2.32. The van der Waals surface area contributed by atoms with Gasteiger partial charge < -0.3 is 10.1 Å². The Morgan fingerprint density at radius 3 is 2.27 bits per heavy atom. The molecule has 2 aromatic carbocycles. The van der Waals surface area contributed by atoms with E-state index in [1.807, 2.05) is 0 Å². The Morgan fingerprint density at radius 2 is 1.67 bits per heavy atom. The van der Waals surface area contributed by atoms with Crippen molar-refractivity contribution in [2.24, 2.45) is 23.7 Å². The lowest BCUT2D eigenvalue weighted by molar-refractivity contribution is -0.123. The predicted molar refractivity (Wildman–Crippen MR) is 125 cm³/mol. The van der Waals surface area contributed by atoms with Crippen LogP contribution in [0.3, 0.4) is 0 Å². The summed E-state index contributed by atoms with van der Waals surface area (Å²) >= 11 is 9.27. The van der Waals surface area contributed by atoms with Crippen LogP contribution in [0.2, 0.25) is 5.02 Å². The molecule has 0 unspecified atom stereocenters. The average Bonchev–Trinajstić information content (AvgIpc) is 3.48. The molecule has 4 atom stereocenters. The Bertz CT molecular complexity index is 1140. The standard InChI is InChI=1S/C24H20BrClN2O5/c25-17-8-5-15(10-18(17)26)27-19(29)11-33-24(32)12-3-6-16(7-4-12)28-22(30)20-13-1-2-14(9-13)21(20)23(28)31/h3-8,10,13-14,20-21H,1-2,9,11H2,(H,27,29)/t13-,14-,20-,21+/m0/s1. The van der Waals surface area contributed by atoms with Crippen LogP contribution in [-0.4, -0.2) is 30.3 Å². The number of carbonyl (C=O) groups is 4. The number of anilines is 2. The molecule has 1 N–H and O–H groups in total. The minimum absolute atomic E-state index is 0.128. The highest BCUT2D eigenvalue weighted by Gasteiger charge is 2.61. The third-order valence-corrected chi connectivity index (χ3v) is 8.06. The SMILES string of the molecule is O=C(COC(=O)c1ccc(N2C(=O)[C@@H]3[C@H]4CC[C@@H](C4)[C@@H]3C2=O)cc1)Nc1ccc(Br)c(Cl)c1. The third kappa shape index (κ3) is 3.95. The number of esters is 1. The molecule has 2 saturated carbocycles. The second-order valence-corrected chi connectivity index (χ2v) is 9.96. The summed E-state index contributed by atoms with van der Waals surface area (Å²) in [5.41, 5.74) is 1.16. The summed E-state index contributed by atoms with van der Waals surface area (Å²) in [5, 5.41) is 3.04. The van der Waals surface area contributed by atoms with Gasteiger partial charge >= 0.3 is 5.97 Å². The number of nitrogens with one attached hydrogen (secondary N) is 1. The van der Waals surface area contributed by atoms with Crippen LogP contribution in [0, 0.1) is 23.7 Å². The molecular formula is C24H20BrClN2O5. The molecule has 1 heterocycles. The molecule has 0 aromatic heterocycles. The largest absolute Gasteiger partial charge is 0.452 e. The molecule has 5 rings (SSSR count). The van der Waals surface area contributed by atoms with Crippen molar-refractivity contribution in [3.05, 3.63) is 57.5 Å². The first kappa shape index (κ1) is 22.1. The first-order valence-electron chi connectivity index (χ1n) is 10.7. The van der Waals surface area contributed by atoms with Gasteiger partial charge in [-0.15, -0.1) is 0 Å². The van der Waals surface area contributed by atoms with Crippen LogP contribution < -0.4 is 10.2 Å². The van der Waals surface area contributed by atoms with Crippen molar-refractivity contribution in [2.75, 3.05) is 16.8 Å². The number of imide groups is 1. The fourth-order valence-electron chi connectivity index (χ4n) is 5.40. The number of nitrogens with zero attached hydrogens (tertiary/aromatic N) is 1. The minimum atomic E-state index is -0.681. The van der Waals surface area contributed by atoms with Crippen LogP contribution in [0.4, 0.5) is 11.4 Å². The Hall–Kier alpha value is -2.71. The molecule has 170 valence electrons. The summed E-state index contributed by atoms with van der Waals surface area (Å²) in [6, 6.07) is 11.1. The topological polar surface area (TPSA) is 92.8 Å². The zero-order chi connectivity index (χ0) is 23.3. The van der Waals surface area contributed by atoms with Crippen molar-refractivity contribution >= 4 is 62.6 Å². The number of benzene rings is 2. The fourth-order valence-corrected chi connectivity index (χ4v) is 5.82. The van der Waals surface area contributed by atoms with Crippen molar-refractivity contribution in [1.29, 1.82) is 0 Å². The first-order chi connectivity index (χ1) is 15.8. The fraction of sp³-hybridized carbons (Fsp3) is 0.333. The van der Waals surface area contributed by atoms with Crippen LogP contribution in [0.25, 0.3) is 0 Å². The van der Waals surface area contributed by atoms with E-state index < -0.39 is 18.5 Å². The van der Waals surface area contributed by atoms with Gasteiger partial charge in [0.1, 0.15) is 0 Å². The van der Waals surface area contributed by atoms with Gasteiger partial charge in [-0.05, 0) is 89.5 Å². The molecule has 3 fully saturated rings. The Labute approximate surface area is 203 Å². The van der Waals surface area contributed by atoms with Crippen molar-refractivity contribution < 1.29 is 23.9 Å². The maximum atomic E-state index is 12.9. The van der Waals surface area contributed by atoms with Crippen LogP contribution in [0.1, 0.15) is 29.6 Å². The van der Waals surface area contributed by atoms with Crippen LogP contribution in [-0.2, 0) is 19.1 Å². The third-order valence-electron chi connectivity index (χ3n) is 6.83. The number of hydrogen-bond acceptors (Lipinski definition) is 5. The maximum Gasteiger partial charge on any atom is 0.338 e. The molecule has 1 saturated heterocycles. The summed E-state index contributed by atoms with van der Waals surface area (Å²) < 4.78 is 5.78. The Balaban J connectivity index is 1.19. The van der Waals surface area contributed by atoms with Gasteiger partial charge in [0.15, 0.2) is 6.61 Å². The van der Waals surface area contributed by atoms with Crippen molar-refractivity contribution in [3.8, 4) is 0 Å². The molecule has 0 spiro atoms. The summed E-state index contributed by atoms with van der Waals surface area (Å²) in [6.07, 6.45) is 3.02. The molecule has 3 amide bonds. The summed E-state index contributed by atoms with van der Waals surface area (Å²) in [5.74, 6) is -1.20. The zero-order valence-electron chi connectivity index (χ0n) is 17.4. The summed E-state index contributed by atoms with van der Waals surface area (Å²) in [4.78, 5) is 51.5. The molecular weight excluding hydrogens is 512 g/mol. The van der Waals surface area contributed by atoms with E-state index in [9.17, 15) is 19.2 Å². The van der Waals surface area contributed by atoms with E-state index in [0.29, 0.717) is 32.7 Å². The minimum Gasteiger partial charge on any atom is -0.452 e. The number of amides is 3. The quantitative estimate of drug-likeness (QED) is 0.455. The Morgan fingerprint density at radius 1 is 1.03 bits per heavy atom. The normalized spacial score (nSPS) is 25.3. The number of hydrogen-bond donors (Lipinski definition) is 1. The van der Waals surface area contributed by atoms with E-state index in [1.54, 1.807) is 30.3 Å². The second-order valence-electron chi connectivity index (χ2n) is 8.70. The summed E-state index contributed by atoms with van der Waals surface area (Å²) in [7, 11) is 0. The molecule has 33 heavy (non-hydrogen) atoms. The van der Waals surface area contributed by atoms with Gasteiger partial charge in [0, 0.05) is 10.2 Å². The van der Waals surface area contributed by atoms with Crippen molar-refractivity contribution in [2.45, 2.75) is 19.3 Å². The molecule has 1 aliphatic heterocycles. The van der Waals surface area contributed by atoms with Crippen LogP contribution in [0.5, 0.6) is 0 Å². The van der Waals surface area contributed by atoms with E-state index >= 15 is 0 Å². The lowest BCUT2D eigenvalue weighted by Gasteiger charge is -2.19. The number of carbonyl (C=O) groups excluding carboxylic acids is 4. The van der Waals surface area contributed by atoms with E-state index in [2.05, 4.69) is 21.2 Å². The van der Waals surface area contributed by atoms with Crippen LogP contribution in [0.15, 0.2) is 46.9 Å². The molecule has 7 nitrogen and oxygen atoms in total. The van der Waals surface area contributed by atoms with Crippen LogP contribution >= 0.6 is 27.5 Å². The maximum absolute atomic E-state index is 12.9. The average molecular weight is 532 g/mol. The number of ether oxygens (including phenoxy) is 1. The highest BCUT2D eigenvalue weighted by Crippen LogP contribution is 2.56. The number of halogens is 2. The van der Waals surface area contributed by atoms with Gasteiger partial charge in [-0.1, -0.05) is 11.6 Å². The van der Waals surface area contributed by atoms with Crippen molar-refractivity contribution in [3.63, 3.8) is 0 Å². The smallest absolute Gasteiger partial charge is 0.338 e. The van der Waals surface area contributed by atoms with Gasteiger partial charge in [0.05, 0.1) is 28.1 Å². The van der Waals surface area contributed by atoms with Gasteiger partial charge in [-0.3, -0.25) is 19.3 Å². The molecule has 2 aliphatic carbocycles. The lowest BCUT2D eigenvalue weighted by atomic mass is 9.81. The first-order valence-corrected chi connectivity index (χ1v) is 11.9. The van der Waals surface area contributed by atoms with E-state index in [0.717, 1.165) is 19.3 Å². The van der Waals surface area contributed by atoms with E-state index in [4.69, 9.17) is 16.3 Å². The number of fused-ring (bicyclic) bond motifs is 5. The highest BCUT2D eigenvalue weighted by molar-refractivity contribution is 9.10. The van der Waals surface area contributed by atoms with Gasteiger partial charge in [0.2, 0.25) is 11.8 Å². The predicted octanol–water partition coefficient (Wildman–Crippen LogP) is 4.43. The monoisotopic (exact) mass is 530 g/mol.